The SMILES string of the molecule is N[C@H]1C[C@@H]2C[C@@H]2C[C@H]2CC[C@@H](C(=O)N3C[C@@H](c4ccn(CCOCCOCCOc5cccc6c5CN(C5CCC(=O)NC5=O)C6=O)c(=O)c4)CC34CC4)N2C1=O. The third kappa shape index (κ3) is 7.38. The van der Waals surface area contributed by atoms with Gasteiger partial charge in [-0.1, -0.05) is 6.07 Å². The molecule has 1 unspecified atom stereocenters. The van der Waals surface area contributed by atoms with Crippen LogP contribution in [-0.2, 0) is 41.7 Å². The molecular formula is C42H52N6O9. The van der Waals surface area contributed by atoms with E-state index in [1.54, 1.807) is 28.8 Å². The third-order valence-electron chi connectivity index (χ3n) is 13.6. The third-order valence-corrected chi connectivity index (χ3v) is 13.6. The van der Waals surface area contributed by atoms with Gasteiger partial charge >= 0.3 is 0 Å². The predicted molar refractivity (Wildman–Crippen MR) is 204 cm³/mol. The van der Waals surface area contributed by atoms with Crippen LogP contribution < -0.4 is 21.3 Å². The molecule has 57 heavy (non-hydrogen) atoms. The van der Waals surface area contributed by atoms with Crippen LogP contribution >= 0.6 is 0 Å². The first-order valence-electron chi connectivity index (χ1n) is 20.7. The average Bonchev–Trinajstić information content (AvgIpc) is 3.98. The summed E-state index contributed by atoms with van der Waals surface area (Å²) in [5.41, 5.74) is 8.24. The number of pyridine rings is 1. The summed E-state index contributed by atoms with van der Waals surface area (Å²) in [7, 11) is 0. The van der Waals surface area contributed by atoms with Crippen LogP contribution in [0.1, 0.15) is 91.6 Å². The highest BCUT2D eigenvalue weighted by Crippen LogP contribution is 2.55. The highest BCUT2D eigenvalue weighted by Gasteiger charge is 2.59. The topological polar surface area (TPSA) is 183 Å². The van der Waals surface area contributed by atoms with Crippen molar-refractivity contribution in [1.29, 1.82) is 0 Å². The van der Waals surface area contributed by atoms with Gasteiger partial charge in [-0.15, -0.1) is 0 Å². The molecule has 15 nitrogen and oxygen atoms in total. The predicted octanol–water partition coefficient (Wildman–Crippen LogP) is 1.69. The Kier molecular flexibility index (Phi) is 10.2. The molecule has 0 radical (unpaired) electrons. The lowest BCUT2D eigenvalue weighted by Gasteiger charge is -2.36. The molecule has 2 aromatic rings. The zero-order valence-electron chi connectivity index (χ0n) is 32.3. The first kappa shape index (κ1) is 37.9. The van der Waals surface area contributed by atoms with Crippen molar-refractivity contribution in [3.63, 3.8) is 0 Å². The molecule has 4 saturated heterocycles. The molecule has 2 aliphatic carbocycles. The fourth-order valence-electron chi connectivity index (χ4n) is 10.3. The summed E-state index contributed by atoms with van der Waals surface area (Å²) in [4.78, 5) is 83.2. The number of hydrogen-bond donors (Lipinski definition) is 2. The lowest BCUT2D eigenvalue weighted by molar-refractivity contribution is -0.147. The molecule has 7 aliphatic rings. The van der Waals surface area contributed by atoms with E-state index >= 15 is 0 Å². The van der Waals surface area contributed by atoms with Crippen molar-refractivity contribution in [2.45, 2.75) is 113 Å². The van der Waals surface area contributed by atoms with Gasteiger partial charge in [0.2, 0.25) is 23.6 Å². The van der Waals surface area contributed by atoms with Crippen LogP contribution in [0.2, 0.25) is 0 Å². The number of imide groups is 1. The first-order valence-corrected chi connectivity index (χ1v) is 20.7. The highest BCUT2D eigenvalue weighted by molar-refractivity contribution is 6.05. The maximum atomic E-state index is 14.2. The molecule has 1 aromatic carbocycles. The Hall–Kier alpha value is -4.60. The second-order valence-electron chi connectivity index (χ2n) is 17.1. The summed E-state index contributed by atoms with van der Waals surface area (Å²) in [5.74, 6) is 0.818. The molecule has 1 spiro atoms. The van der Waals surface area contributed by atoms with E-state index in [0.717, 1.165) is 50.5 Å². The van der Waals surface area contributed by atoms with Gasteiger partial charge in [0.25, 0.3) is 11.5 Å². The van der Waals surface area contributed by atoms with Gasteiger partial charge in [-0.25, -0.2) is 0 Å². The summed E-state index contributed by atoms with van der Waals surface area (Å²) >= 11 is 0. The number of carbonyl (C=O) groups excluding carboxylic acids is 5. The number of fused-ring (bicyclic) bond motifs is 3. The van der Waals surface area contributed by atoms with E-state index in [4.69, 9.17) is 19.9 Å². The number of amides is 5. The number of piperidine rings is 1. The maximum absolute atomic E-state index is 14.2. The Balaban J connectivity index is 0.703. The number of ether oxygens (including phenoxy) is 3. The number of nitrogens with one attached hydrogen (secondary N) is 1. The second-order valence-corrected chi connectivity index (χ2v) is 17.1. The minimum Gasteiger partial charge on any atom is -0.491 e. The van der Waals surface area contributed by atoms with E-state index in [1.807, 2.05) is 22.1 Å². The fraction of sp³-hybridized carbons (Fsp3) is 0.619. The first-order chi connectivity index (χ1) is 27.6. The van der Waals surface area contributed by atoms with Gasteiger partial charge in [-0.05, 0) is 93.4 Å². The second kappa shape index (κ2) is 15.3. The molecule has 304 valence electrons. The van der Waals surface area contributed by atoms with Crippen LogP contribution in [0.25, 0.3) is 0 Å². The van der Waals surface area contributed by atoms with Crippen LogP contribution in [0.4, 0.5) is 0 Å². The van der Waals surface area contributed by atoms with Gasteiger partial charge in [0.05, 0.1) is 39.0 Å². The molecule has 9 rings (SSSR count). The Morgan fingerprint density at radius 2 is 1.70 bits per heavy atom. The molecule has 6 fully saturated rings. The standard InChI is InChI=1S/C42H52N6O9/c43-32-20-27-18-26(27)19-29-4-5-34(48(29)40(32)53)41(54)47-23-28(22-42(47)9-10-42)25-8-11-45(37(50)21-25)12-13-55-14-15-56-16-17-57-35-3-1-2-30-31(35)24-46(39(30)52)33-6-7-36(49)44-38(33)51/h1-3,8,11,21,26-29,32-34H,4-7,9-10,12-20,22-24,43H2,(H,44,49,51)/t26-,27+,28+,29-,32+,33?,34+/m1/s1. The van der Waals surface area contributed by atoms with Crippen molar-refractivity contribution in [1.82, 2.24) is 24.6 Å². The Morgan fingerprint density at radius 3 is 2.49 bits per heavy atom. The average molecular weight is 785 g/mol. The minimum atomic E-state index is -0.686. The minimum absolute atomic E-state index is 0.0534. The normalized spacial score (nSPS) is 29.8. The van der Waals surface area contributed by atoms with Crippen molar-refractivity contribution < 1.29 is 38.2 Å². The number of aromatic nitrogens is 1. The van der Waals surface area contributed by atoms with E-state index < -0.39 is 24.0 Å². The Labute approximate surface area is 331 Å². The molecule has 5 aliphatic heterocycles. The molecule has 0 bridgehead atoms. The number of likely N-dealkylation sites (tertiary alicyclic amines) is 1. The number of benzene rings is 1. The monoisotopic (exact) mass is 784 g/mol. The lowest BCUT2D eigenvalue weighted by atomic mass is 9.96. The number of carbonyl (C=O) groups is 5. The molecule has 6 heterocycles. The van der Waals surface area contributed by atoms with Gasteiger partial charge in [0.1, 0.15) is 24.4 Å². The summed E-state index contributed by atoms with van der Waals surface area (Å²) in [5, 5.41) is 2.32. The van der Waals surface area contributed by atoms with E-state index in [1.165, 1.54) is 4.90 Å². The maximum Gasteiger partial charge on any atom is 0.255 e. The van der Waals surface area contributed by atoms with E-state index in [2.05, 4.69) is 5.32 Å². The molecule has 1 aromatic heterocycles. The van der Waals surface area contributed by atoms with Crippen LogP contribution in [0.3, 0.4) is 0 Å². The van der Waals surface area contributed by atoms with Crippen LogP contribution in [0.15, 0.2) is 41.3 Å². The van der Waals surface area contributed by atoms with Crippen molar-refractivity contribution in [3.8, 4) is 5.75 Å². The van der Waals surface area contributed by atoms with Crippen molar-refractivity contribution in [2.75, 3.05) is 39.6 Å². The molecule has 3 N–H and O–H groups in total. The number of hydrogen-bond acceptors (Lipinski definition) is 10. The molecule has 5 amide bonds. The van der Waals surface area contributed by atoms with Crippen molar-refractivity contribution in [3.05, 3.63) is 63.6 Å². The van der Waals surface area contributed by atoms with Crippen LogP contribution in [0.5, 0.6) is 5.75 Å². The molecule has 15 heteroatoms. The fourth-order valence-corrected chi connectivity index (χ4v) is 10.3. The number of rotatable bonds is 13. The molecule has 7 atom stereocenters. The van der Waals surface area contributed by atoms with Crippen molar-refractivity contribution in [2.24, 2.45) is 17.6 Å². The Morgan fingerprint density at radius 1 is 0.912 bits per heavy atom. The lowest BCUT2D eigenvalue weighted by Crippen LogP contribution is -2.56. The van der Waals surface area contributed by atoms with E-state index in [0.29, 0.717) is 81.1 Å². The van der Waals surface area contributed by atoms with Gasteiger partial charge in [-0.2, -0.15) is 0 Å². The largest absolute Gasteiger partial charge is 0.491 e. The molecule has 2 saturated carbocycles. The zero-order chi connectivity index (χ0) is 39.4. The zero-order valence-corrected chi connectivity index (χ0v) is 32.3. The van der Waals surface area contributed by atoms with E-state index in [9.17, 15) is 28.8 Å². The highest BCUT2D eigenvalue weighted by atomic mass is 16.5. The van der Waals surface area contributed by atoms with Crippen LogP contribution in [-0.4, -0.2) is 118 Å². The summed E-state index contributed by atoms with van der Waals surface area (Å²) < 4.78 is 19.0. The Bertz CT molecular complexity index is 2010. The van der Waals surface area contributed by atoms with Gasteiger partial charge in [-0.3, -0.25) is 34.1 Å². The number of nitrogens with two attached hydrogens (primary N) is 1. The van der Waals surface area contributed by atoms with Crippen LogP contribution in [0, 0.1) is 11.8 Å². The van der Waals surface area contributed by atoms with Crippen molar-refractivity contribution >= 4 is 29.5 Å². The molecular weight excluding hydrogens is 732 g/mol. The van der Waals surface area contributed by atoms with Gasteiger partial charge in [0.15, 0.2) is 0 Å². The smallest absolute Gasteiger partial charge is 0.255 e. The summed E-state index contributed by atoms with van der Waals surface area (Å²) in [6.07, 6.45) is 9.49. The van der Waals surface area contributed by atoms with Gasteiger partial charge in [0, 0.05) is 60.4 Å². The summed E-state index contributed by atoms with van der Waals surface area (Å²) in [6, 6.07) is 7.41. The van der Waals surface area contributed by atoms with Gasteiger partial charge < -0.3 is 39.2 Å². The summed E-state index contributed by atoms with van der Waals surface area (Å²) in [6.45, 7) is 2.77. The van der Waals surface area contributed by atoms with E-state index in [-0.39, 0.29) is 66.3 Å². The number of nitrogens with zero attached hydrogens (tertiary/aromatic N) is 4. The quantitative estimate of drug-likeness (QED) is 0.224.